The zero-order valence-corrected chi connectivity index (χ0v) is 19.2. The van der Waals surface area contributed by atoms with Gasteiger partial charge in [0, 0.05) is 22.9 Å². The molecule has 1 amide bonds. The fraction of sp³-hybridized carbons (Fsp3) is 0.360. The number of hydrogen-bond acceptors (Lipinski definition) is 6. The summed E-state index contributed by atoms with van der Waals surface area (Å²) in [4.78, 5) is 43.7. The van der Waals surface area contributed by atoms with Crippen molar-refractivity contribution in [2.24, 2.45) is 0 Å². The number of ether oxygens (including phenoxy) is 2. The summed E-state index contributed by atoms with van der Waals surface area (Å²) in [5.74, 6) is -0.756. The highest BCUT2D eigenvalue weighted by Gasteiger charge is 2.49. The zero-order valence-electron chi connectivity index (χ0n) is 19.2. The van der Waals surface area contributed by atoms with Crippen molar-refractivity contribution in [1.82, 2.24) is 14.9 Å². The van der Waals surface area contributed by atoms with Crippen molar-refractivity contribution in [3.8, 4) is 11.4 Å². The van der Waals surface area contributed by atoms with Crippen LogP contribution in [0.5, 0.6) is 0 Å². The molecule has 2 aliphatic rings. The van der Waals surface area contributed by atoms with Gasteiger partial charge in [0.05, 0.1) is 23.4 Å². The van der Waals surface area contributed by atoms with Crippen LogP contribution >= 0.6 is 0 Å². The number of esters is 1. The molecule has 2 aliphatic heterocycles. The van der Waals surface area contributed by atoms with E-state index in [0.29, 0.717) is 23.5 Å². The number of fused-ring (bicyclic) bond motifs is 5. The van der Waals surface area contributed by atoms with Gasteiger partial charge in [0.2, 0.25) is 5.72 Å². The minimum absolute atomic E-state index is 0.0633. The second kappa shape index (κ2) is 6.91. The first-order valence-corrected chi connectivity index (χ1v) is 11.0. The van der Waals surface area contributed by atoms with Crippen molar-refractivity contribution in [3.63, 3.8) is 0 Å². The molecule has 0 spiro atoms. The lowest BCUT2D eigenvalue weighted by Gasteiger charge is -2.30. The van der Waals surface area contributed by atoms with Crippen LogP contribution in [0.3, 0.4) is 0 Å². The standard InChI is InChI=1S/C25H25N3O5/c1-6-25(27-23(31)33-24(3,4)5)16-11-18-20-15(12-28(18)21(29)19(16)22(30)32-25)13(2)14-9-7-8-10-17(14)26-20/h7-11H,6,12H2,1-5H3,(H,27,31). The van der Waals surface area contributed by atoms with Gasteiger partial charge in [-0.25, -0.2) is 14.6 Å². The Balaban J connectivity index is 1.69. The van der Waals surface area contributed by atoms with E-state index in [1.54, 1.807) is 38.3 Å². The first-order valence-electron chi connectivity index (χ1n) is 11.0. The van der Waals surface area contributed by atoms with Gasteiger partial charge in [-0.1, -0.05) is 25.1 Å². The number of aromatic nitrogens is 2. The van der Waals surface area contributed by atoms with E-state index in [2.05, 4.69) is 5.32 Å². The number of carbonyl (C=O) groups is 2. The van der Waals surface area contributed by atoms with Gasteiger partial charge in [0.15, 0.2) is 0 Å². The van der Waals surface area contributed by atoms with Crippen LogP contribution in [0.25, 0.3) is 22.3 Å². The van der Waals surface area contributed by atoms with Gasteiger partial charge >= 0.3 is 12.1 Å². The molecule has 33 heavy (non-hydrogen) atoms. The number of benzene rings is 1. The van der Waals surface area contributed by atoms with Crippen molar-refractivity contribution in [2.75, 3.05) is 0 Å². The lowest BCUT2D eigenvalue weighted by Crippen LogP contribution is -2.47. The predicted octanol–water partition coefficient (Wildman–Crippen LogP) is 3.99. The average molecular weight is 447 g/mol. The van der Waals surface area contributed by atoms with Crippen molar-refractivity contribution in [3.05, 3.63) is 62.9 Å². The number of carbonyl (C=O) groups excluding carboxylic acids is 2. The Labute approximate surface area is 190 Å². The Morgan fingerprint density at radius 1 is 1.27 bits per heavy atom. The first kappa shape index (κ1) is 21.2. The summed E-state index contributed by atoms with van der Waals surface area (Å²) in [6.07, 6.45) is -0.503. The highest BCUT2D eigenvalue weighted by molar-refractivity contribution is 5.96. The summed E-state index contributed by atoms with van der Waals surface area (Å²) in [5.41, 5.74) is 1.73. The van der Waals surface area contributed by atoms with Gasteiger partial charge in [0.1, 0.15) is 11.2 Å². The summed E-state index contributed by atoms with van der Waals surface area (Å²) in [5, 5.41) is 3.72. The Hall–Kier alpha value is -3.68. The van der Waals surface area contributed by atoms with Crippen LogP contribution in [-0.2, 0) is 21.7 Å². The predicted molar refractivity (Wildman–Crippen MR) is 122 cm³/mol. The maximum absolute atomic E-state index is 13.4. The molecule has 170 valence electrons. The van der Waals surface area contributed by atoms with Gasteiger partial charge in [-0.15, -0.1) is 0 Å². The van der Waals surface area contributed by atoms with E-state index in [0.717, 1.165) is 22.0 Å². The monoisotopic (exact) mass is 447 g/mol. The molecule has 0 fully saturated rings. The molecule has 0 radical (unpaired) electrons. The number of pyridine rings is 2. The fourth-order valence-electron chi connectivity index (χ4n) is 4.67. The van der Waals surface area contributed by atoms with Crippen molar-refractivity contribution in [2.45, 2.75) is 58.9 Å². The molecule has 1 aromatic carbocycles. The lowest BCUT2D eigenvalue weighted by molar-refractivity contribution is -0.0367. The van der Waals surface area contributed by atoms with Crippen LogP contribution < -0.4 is 10.9 Å². The van der Waals surface area contributed by atoms with E-state index in [9.17, 15) is 14.4 Å². The highest BCUT2D eigenvalue weighted by atomic mass is 16.6. The van der Waals surface area contributed by atoms with Crippen LogP contribution in [0.2, 0.25) is 0 Å². The quantitative estimate of drug-likeness (QED) is 0.467. The molecule has 1 N–H and O–H groups in total. The molecule has 8 nitrogen and oxygen atoms in total. The topological polar surface area (TPSA) is 99.5 Å². The molecule has 0 saturated carbocycles. The van der Waals surface area contributed by atoms with Crippen molar-refractivity contribution >= 4 is 23.0 Å². The van der Waals surface area contributed by atoms with Crippen molar-refractivity contribution in [1.29, 1.82) is 0 Å². The summed E-state index contributed by atoms with van der Waals surface area (Å²) < 4.78 is 12.6. The lowest BCUT2D eigenvalue weighted by atomic mass is 9.96. The number of aryl methyl sites for hydroxylation is 1. The minimum Gasteiger partial charge on any atom is -0.444 e. The molecule has 3 aromatic rings. The number of nitrogens with zero attached hydrogens (tertiary/aromatic N) is 2. The van der Waals surface area contributed by atoms with Crippen LogP contribution in [0, 0.1) is 6.92 Å². The van der Waals surface area contributed by atoms with Gasteiger partial charge in [-0.3, -0.25) is 10.1 Å². The third-order valence-corrected chi connectivity index (χ3v) is 6.24. The third-order valence-electron chi connectivity index (χ3n) is 6.24. The maximum Gasteiger partial charge on any atom is 0.411 e. The van der Waals surface area contributed by atoms with E-state index < -0.39 is 28.9 Å². The SMILES string of the molecule is CCC1(NC(=O)OC(C)(C)C)OC(=O)c2c1cc1n(c2=O)Cc2c-1nc1ccccc1c2C. The molecule has 0 saturated heterocycles. The van der Waals surface area contributed by atoms with E-state index in [1.165, 1.54) is 0 Å². The number of nitrogens with one attached hydrogen (secondary N) is 1. The summed E-state index contributed by atoms with van der Waals surface area (Å²) >= 11 is 0. The van der Waals surface area contributed by atoms with Gasteiger partial charge < -0.3 is 14.0 Å². The summed E-state index contributed by atoms with van der Waals surface area (Å²) in [6.45, 7) is 9.35. The highest BCUT2D eigenvalue weighted by Crippen LogP contribution is 2.41. The van der Waals surface area contributed by atoms with Crippen LogP contribution in [0.1, 0.15) is 61.2 Å². The average Bonchev–Trinajstić information content (AvgIpc) is 3.24. The van der Waals surface area contributed by atoms with Gasteiger partial charge in [-0.2, -0.15) is 0 Å². The molecular weight excluding hydrogens is 422 g/mol. The van der Waals surface area contributed by atoms with E-state index >= 15 is 0 Å². The fourth-order valence-corrected chi connectivity index (χ4v) is 4.67. The largest absolute Gasteiger partial charge is 0.444 e. The van der Waals surface area contributed by atoms with Crippen molar-refractivity contribution < 1.29 is 19.1 Å². The molecule has 0 bridgehead atoms. The normalized spacial score (nSPS) is 18.5. The number of para-hydroxylation sites is 1. The molecule has 2 aromatic heterocycles. The van der Waals surface area contributed by atoms with Gasteiger partial charge in [0.25, 0.3) is 5.56 Å². The molecule has 8 heteroatoms. The Morgan fingerprint density at radius 2 is 2.00 bits per heavy atom. The van der Waals surface area contributed by atoms with E-state index in [1.807, 2.05) is 31.2 Å². The molecule has 4 heterocycles. The number of cyclic esters (lactones) is 1. The number of alkyl carbamates (subject to hydrolysis) is 1. The Morgan fingerprint density at radius 3 is 2.70 bits per heavy atom. The summed E-state index contributed by atoms with van der Waals surface area (Å²) in [6, 6.07) is 9.57. The van der Waals surface area contributed by atoms with Crippen LogP contribution in [0.15, 0.2) is 35.1 Å². The second-order valence-electron chi connectivity index (χ2n) is 9.49. The Kier molecular flexibility index (Phi) is 4.43. The molecule has 0 aliphatic carbocycles. The Bertz CT molecular complexity index is 1420. The minimum atomic E-state index is -1.49. The molecular formula is C25H25N3O5. The number of rotatable bonds is 2. The summed E-state index contributed by atoms with van der Waals surface area (Å²) in [7, 11) is 0. The van der Waals surface area contributed by atoms with Crippen LogP contribution in [0.4, 0.5) is 4.79 Å². The van der Waals surface area contributed by atoms with E-state index in [4.69, 9.17) is 14.5 Å². The zero-order chi connectivity index (χ0) is 23.7. The van der Waals surface area contributed by atoms with Crippen LogP contribution in [-0.4, -0.2) is 27.2 Å². The molecule has 1 atom stereocenters. The number of amides is 1. The third kappa shape index (κ3) is 3.12. The van der Waals surface area contributed by atoms with Gasteiger partial charge in [-0.05, 0) is 45.4 Å². The molecule has 5 rings (SSSR count). The smallest absolute Gasteiger partial charge is 0.411 e. The molecule has 1 unspecified atom stereocenters. The maximum atomic E-state index is 13.4. The number of hydrogen-bond donors (Lipinski definition) is 1. The second-order valence-corrected chi connectivity index (χ2v) is 9.49. The van der Waals surface area contributed by atoms with E-state index in [-0.39, 0.29) is 12.0 Å². The first-order chi connectivity index (χ1) is 15.5.